The van der Waals surface area contributed by atoms with E-state index in [1.54, 1.807) is 6.92 Å². The van der Waals surface area contributed by atoms with Gasteiger partial charge in [0.05, 0.1) is 12.0 Å². The number of aryl methyl sites for hydroxylation is 1. The van der Waals surface area contributed by atoms with Gasteiger partial charge in [0.1, 0.15) is 15.5 Å². The molecule has 2 heterocycles. The number of thiophene rings is 1. The Morgan fingerprint density at radius 3 is 2.56 bits per heavy atom. The number of likely N-dealkylation sites (N-methyl/N-ethyl adjacent to an activating group) is 1. The highest BCUT2D eigenvalue weighted by molar-refractivity contribution is 7.20. The highest BCUT2D eigenvalue weighted by Crippen LogP contribution is 2.37. The lowest BCUT2D eigenvalue weighted by Crippen LogP contribution is -2.27. The summed E-state index contributed by atoms with van der Waals surface area (Å²) in [6.07, 6.45) is 0. The number of anilines is 1. The van der Waals surface area contributed by atoms with Gasteiger partial charge in [0.2, 0.25) is 0 Å². The van der Waals surface area contributed by atoms with Crippen LogP contribution in [0, 0.1) is 6.92 Å². The molecule has 0 saturated carbocycles. The predicted molar refractivity (Wildman–Crippen MR) is 99.5 cm³/mol. The SMILES string of the molecule is CCN(CCO)c1nc(-c2ccccc2)nc2sc(C(=O)O)c(C)c12. The van der Waals surface area contributed by atoms with Gasteiger partial charge in [0.25, 0.3) is 0 Å². The van der Waals surface area contributed by atoms with Crippen molar-refractivity contribution in [3.05, 3.63) is 40.8 Å². The molecule has 0 spiro atoms. The fraction of sp³-hybridized carbons (Fsp3) is 0.278. The van der Waals surface area contributed by atoms with Crippen LogP contribution in [0.5, 0.6) is 0 Å². The number of nitrogens with zero attached hydrogens (tertiary/aromatic N) is 3. The number of rotatable bonds is 6. The van der Waals surface area contributed by atoms with Crippen molar-refractivity contribution < 1.29 is 15.0 Å². The Bertz CT molecular complexity index is 909. The fourth-order valence-corrected chi connectivity index (χ4v) is 3.82. The monoisotopic (exact) mass is 357 g/mol. The van der Waals surface area contributed by atoms with Crippen LogP contribution in [0.2, 0.25) is 0 Å². The van der Waals surface area contributed by atoms with E-state index in [0.29, 0.717) is 35.1 Å². The first-order chi connectivity index (χ1) is 12.1. The standard InChI is InChI=1S/C18H19N3O3S/c1-3-21(9-10-22)16-13-11(2)14(18(23)24)25-17(13)20-15(19-16)12-7-5-4-6-8-12/h4-8,22H,3,9-10H2,1-2H3,(H,23,24). The molecule has 0 radical (unpaired) electrons. The second-order valence-corrected chi connectivity index (χ2v) is 6.58. The molecule has 25 heavy (non-hydrogen) atoms. The van der Waals surface area contributed by atoms with Gasteiger partial charge in [-0.05, 0) is 19.4 Å². The van der Waals surface area contributed by atoms with Crippen LogP contribution in [0.15, 0.2) is 30.3 Å². The number of aromatic nitrogens is 2. The largest absolute Gasteiger partial charge is 0.477 e. The molecule has 6 nitrogen and oxygen atoms in total. The van der Waals surface area contributed by atoms with Crippen LogP contribution in [-0.2, 0) is 0 Å². The third-order valence-corrected chi connectivity index (χ3v) is 5.22. The number of aliphatic hydroxyl groups is 1. The van der Waals surface area contributed by atoms with E-state index in [-0.39, 0.29) is 11.5 Å². The smallest absolute Gasteiger partial charge is 0.346 e. The zero-order valence-electron chi connectivity index (χ0n) is 14.1. The van der Waals surface area contributed by atoms with Gasteiger partial charge in [-0.25, -0.2) is 14.8 Å². The van der Waals surface area contributed by atoms with Crippen molar-refractivity contribution >= 4 is 33.3 Å². The molecule has 0 amide bonds. The number of hydrogen-bond donors (Lipinski definition) is 2. The summed E-state index contributed by atoms with van der Waals surface area (Å²) in [7, 11) is 0. The molecule has 0 fully saturated rings. The third-order valence-electron chi connectivity index (χ3n) is 4.05. The molecule has 0 aliphatic rings. The summed E-state index contributed by atoms with van der Waals surface area (Å²) in [5, 5.41) is 19.6. The van der Waals surface area contributed by atoms with Crippen molar-refractivity contribution in [1.82, 2.24) is 9.97 Å². The number of benzene rings is 1. The molecule has 0 aliphatic carbocycles. The van der Waals surface area contributed by atoms with E-state index >= 15 is 0 Å². The minimum atomic E-state index is -0.960. The summed E-state index contributed by atoms with van der Waals surface area (Å²) < 4.78 is 0. The number of fused-ring (bicyclic) bond motifs is 1. The highest BCUT2D eigenvalue weighted by Gasteiger charge is 2.22. The van der Waals surface area contributed by atoms with Crippen molar-refractivity contribution in [2.45, 2.75) is 13.8 Å². The van der Waals surface area contributed by atoms with Gasteiger partial charge in [0, 0.05) is 18.7 Å². The molecule has 0 saturated heterocycles. The quantitative estimate of drug-likeness (QED) is 0.705. The van der Waals surface area contributed by atoms with Gasteiger partial charge in [0.15, 0.2) is 5.82 Å². The lowest BCUT2D eigenvalue weighted by atomic mass is 10.1. The zero-order valence-corrected chi connectivity index (χ0v) is 14.9. The van der Waals surface area contributed by atoms with Gasteiger partial charge in [-0.2, -0.15) is 0 Å². The first kappa shape index (κ1) is 17.3. The van der Waals surface area contributed by atoms with Crippen LogP contribution in [0.25, 0.3) is 21.6 Å². The maximum absolute atomic E-state index is 11.5. The third kappa shape index (κ3) is 3.20. The van der Waals surface area contributed by atoms with E-state index in [9.17, 15) is 15.0 Å². The van der Waals surface area contributed by atoms with Gasteiger partial charge >= 0.3 is 5.97 Å². The Morgan fingerprint density at radius 1 is 1.24 bits per heavy atom. The number of carboxylic acid groups (broad SMARTS) is 1. The molecule has 0 unspecified atom stereocenters. The Morgan fingerprint density at radius 2 is 1.96 bits per heavy atom. The Hall–Kier alpha value is -2.51. The molecule has 1 aromatic carbocycles. The van der Waals surface area contributed by atoms with Crippen molar-refractivity contribution in [2.24, 2.45) is 0 Å². The minimum Gasteiger partial charge on any atom is -0.477 e. The Kier molecular flexibility index (Phi) is 4.96. The van der Waals surface area contributed by atoms with Gasteiger partial charge < -0.3 is 15.1 Å². The van der Waals surface area contributed by atoms with E-state index in [1.165, 1.54) is 0 Å². The summed E-state index contributed by atoms with van der Waals surface area (Å²) >= 11 is 1.16. The average molecular weight is 357 g/mol. The molecule has 130 valence electrons. The van der Waals surface area contributed by atoms with E-state index in [4.69, 9.17) is 4.98 Å². The minimum absolute atomic E-state index is 0.00498. The van der Waals surface area contributed by atoms with Crippen molar-refractivity contribution in [2.75, 3.05) is 24.6 Å². The van der Waals surface area contributed by atoms with E-state index in [0.717, 1.165) is 22.3 Å². The van der Waals surface area contributed by atoms with Gasteiger partial charge in [-0.3, -0.25) is 0 Å². The first-order valence-corrected chi connectivity index (χ1v) is 8.84. The lowest BCUT2D eigenvalue weighted by Gasteiger charge is -2.22. The summed E-state index contributed by atoms with van der Waals surface area (Å²) in [5.41, 5.74) is 1.53. The molecular weight excluding hydrogens is 338 g/mol. The number of aliphatic hydroxyl groups excluding tert-OH is 1. The van der Waals surface area contributed by atoms with E-state index in [1.807, 2.05) is 42.2 Å². The van der Waals surface area contributed by atoms with E-state index in [2.05, 4.69) is 4.98 Å². The number of aromatic carboxylic acids is 1. The van der Waals surface area contributed by atoms with Crippen LogP contribution < -0.4 is 4.90 Å². The summed E-state index contributed by atoms with van der Waals surface area (Å²) in [6.45, 7) is 4.83. The second kappa shape index (κ2) is 7.16. The molecule has 0 bridgehead atoms. The van der Waals surface area contributed by atoms with Gasteiger partial charge in [-0.1, -0.05) is 30.3 Å². The predicted octanol–water partition coefficient (Wildman–Crippen LogP) is 3.18. The molecule has 7 heteroatoms. The summed E-state index contributed by atoms with van der Waals surface area (Å²) in [5.74, 6) is 0.261. The van der Waals surface area contributed by atoms with Crippen molar-refractivity contribution in [3.8, 4) is 11.4 Å². The van der Waals surface area contributed by atoms with Crippen molar-refractivity contribution in [3.63, 3.8) is 0 Å². The molecule has 0 atom stereocenters. The molecule has 2 N–H and O–H groups in total. The summed E-state index contributed by atoms with van der Waals surface area (Å²) in [4.78, 5) is 23.7. The topological polar surface area (TPSA) is 86.5 Å². The lowest BCUT2D eigenvalue weighted by molar-refractivity contribution is 0.0701. The fourth-order valence-electron chi connectivity index (χ4n) is 2.80. The van der Waals surface area contributed by atoms with Crippen LogP contribution in [-0.4, -0.2) is 45.8 Å². The molecule has 0 aliphatic heterocycles. The van der Waals surface area contributed by atoms with Gasteiger partial charge in [-0.15, -0.1) is 11.3 Å². The van der Waals surface area contributed by atoms with Crippen LogP contribution >= 0.6 is 11.3 Å². The zero-order chi connectivity index (χ0) is 18.0. The highest BCUT2D eigenvalue weighted by atomic mass is 32.1. The number of carboxylic acids is 1. The van der Waals surface area contributed by atoms with Crippen LogP contribution in [0.1, 0.15) is 22.2 Å². The summed E-state index contributed by atoms with van der Waals surface area (Å²) in [6, 6.07) is 9.59. The number of hydrogen-bond acceptors (Lipinski definition) is 6. The van der Waals surface area contributed by atoms with Crippen LogP contribution in [0.3, 0.4) is 0 Å². The normalized spacial score (nSPS) is 11.0. The second-order valence-electron chi connectivity index (χ2n) is 5.58. The molecular formula is C18H19N3O3S. The molecule has 3 aromatic rings. The average Bonchev–Trinajstić information content (AvgIpc) is 2.97. The number of carbonyl (C=O) groups is 1. The Labute approximate surface area is 149 Å². The molecule has 2 aromatic heterocycles. The molecule has 3 rings (SSSR count). The van der Waals surface area contributed by atoms with E-state index < -0.39 is 5.97 Å². The maximum Gasteiger partial charge on any atom is 0.346 e. The maximum atomic E-state index is 11.5. The van der Waals surface area contributed by atoms with Crippen LogP contribution in [0.4, 0.5) is 5.82 Å². The first-order valence-electron chi connectivity index (χ1n) is 8.02. The Balaban J connectivity index is 2.30. The van der Waals surface area contributed by atoms with Crippen molar-refractivity contribution in [1.29, 1.82) is 0 Å².